The smallest absolute Gasteiger partial charge is 0.278 e. The molecule has 0 aliphatic heterocycles. The summed E-state index contributed by atoms with van der Waals surface area (Å²) in [5, 5.41) is 13.4. The molecule has 1 amide bonds. The fraction of sp³-hybridized carbons (Fsp3) is 0.100. The standard InChI is InChI=1S/C10H8Cl2N4O/c1-5-9(15-16-14-5)10(17)13-8-3-2-6(11)4-7(8)12/h2-4H,1H3,(H,13,17)(H,14,15,16). The summed E-state index contributed by atoms with van der Waals surface area (Å²) in [4.78, 5) is 11.8. The average molecular weight is 271 g/mol. The first-order valence-corrected chi connectivity index (χ1v) is 5.47. The fourth-order valence-electron chi connectivity index (χ4n) is 1.27. The number of hydrogen-bond donors (Lipinski definition) is 2. The van der Waals surface area contributed by atoms with E-state index in [1.54, 1.807) is 25.1 Å². The normalized spacial score (nSPS) is 10.3. The van der Waals surface area contributed by atoms with E-state index < -0.39 is 0 Å². The first-order chi connectivity index (χ1) is 8.08. The van der Waals surface area contributed by atoms with E-state index >= 15 is 0 Å². The van der Waals surface area contributed by atoms with Gasteiger partial charge in [-0.05, 0) is 25.1 Å². The SMILES string of the molecule is Cc1n[nH]nc1C(=O)Nc1ccc(Cl)cc1Cl. The molecule has 2 N–H and O–H groups in total. The largest absolute Gasteiger partial charge is 0.319 e. The van der Waals surface area contributed by atoms with Gasteiger partial charge in [0.15, 0.2) is 5.69 Å². The Bertz CT molecular complexity index is 567. The molecule has 0 aliphatic carbocycles. The van der Waals surface area contributed by atoms with Gasteiger partial charge in [0, 0.05) is 5.02 Å². The Kier molecular flexibility index (Phi) is 3.31. The minimum atomic E-state index is -0.375. The summed E-state index contributed by atoms with van der Waals surface area (Å²) in [5.74, 6) is -0.375. The maximum atomic E-state index is 11.8. The topological polar surface area (TPSA) is 70.7 Å². The lowest BCUT2D eigenvalue weighted by molar-refractivity contribution is 0.102. The third kappa shape index (κ3) is 2.57. The highest BCUT2D eigenvalue weighted by molar-refractivity contribution is 6.36. The van der Waals surface area contributed by atoms with Crippen molar-refractivity contribution in [3.05, 3.63) is 39.6 Å². The number of benzene rings is 1. The third-order valence-corrected chi connectivity index (χ3v) is 2.66. The molecule has 0 spiro atoms. The van der Waals surface area contributed by atoms with Crippen molar-refractivity contribution in [3.8, 4) is 0 Å². The van der Waals surface area contributed by atoms with Crippen molar-refractivity contribution in [1.82, 2.24) is 15.4 Å². The highest BCUT2D eigenvalue weighted by atomic mass is 35.5. The zero-order valence-electron chi connectivity index (χ0n) is 8.79. The molecule has 0 atom stereocenters. The molecule has 88 valence electrons. The lowest BCUT2D eigenvalue weighted by Gasteiger charge is -2.05. The predicted octanol–water partition coefficient (Wildman–Crippen LogP) is 2.67. The molecule has 0 unspecified atom stereocenters. The number of aromatic nitrogens is 3. The van der Waals surface area contributed by atoms with Crippen LogP contribution in [0.4, 0.5) is 5.69 Å². The molecule has 0 saturated heterocycles. The van der Waals surface area contributed by atoms with Gasteiger partial charge in [0.2, 0.25) is 0 Å². The van der Waals surface area contributed by atoms with Crippen LogP contribution in [0.5, 0.6) is 0 Å². The van der Waals surface area contributed by atoms with Crippen LogP contribution in [-0.2, 0) is 0 Å². The van der Waals surface area contributed by atoms with Gasteiger partial charge in [-0.25, -0.2) is 0 Å². The Morgan fingerprint density at radius 1 is 1.35 bits per heavy atom. The third-order valence-electron chi connectivity index (χ3n) is 2.12. The molecule has 0 bridgehead atoms. The summed E-state index contributed by atoms with van der Waals surface area (Å²) in [6, 6.07) is 4.81. The monoisotopic (exact) mass is 270 g/mol. The zero-order valence-corrected chi connectivity index (χ0v) is 10.3. The van der Waals surface area contributed by atoms with Gasteiger partial charge in [-0.1, -0.05) is 23.2 Å². The van der Waals surface area contributed by atoms with Gasteiger partial charge in [-0.3, -0.25) is 4.79 Å². The number of amides is 1. The lowest BCUT2D eigenvalue weighted by Crippen LogP contribution is -2.14. The molecule has 5 nitrogen and oxygen atoms in total. The van der Waals surface area contributed by atoms with Crippen LogP contribution in [0.15, 0.2) is 18.2 Å². The predicted molar refractivity (Wildman–Crippen MR) is 65.5 cm³/mol. The lowest BCUT2D eigenvalue weighted by atomic mass is 10.3. The van der Waals surface area contributed by atoms with E-state index in [1.807, 2.05) is 0 Å². The van der Waals surface area contributed by atoms with Crippen molar-refractivity contribution in [2.24, 2.45) is 0 Å². The molecule has 2 rings (SSSR count). The molecule has 1 aromatic heterocycles. The number of anilines is 1. The van der Waals surface area contributed by atoms with Crippen LogP contribution in [0.25, 0.3) is 0 Å². The second-order valence-electron chi connectivity index (χ2n) is 3.34. The van der Waals surface area contributed by atoms with E-state index in [9.17, 15) is 4.79 Å². The number of nitrogens with zero attached hydrogens (tertiary/aromatic N) is 2. The number of halogens is 2. The Morgan fingerprint density at radius 2 is 2.12 bits per heavy atom. The number of aromatic amines is 1. The summed E-state index contributed by atoms with van der Waals surface area (Å²) >= 11 is 11.7. The summed E-state index contributed by atoms with van der Waals surface area (Å²) in [7, 11) is 0. The summed E-state index contributed by atoms with van der Waals surface area (Å²) < 4.78 is 0. The van der Waals surface area contributed by atoms with Crippen LogP contribution < -0.4 is 5.32 Å². The van der Waals surface area contributed by atoms with Gasteiger partial charge in [0.25, 0.3) is 5.91 Å². The molecule has 2 aromatic rings. The van der Waals surface area contributed by atoms with Crippen molar-refractivity contribution in [1.29, 1.82) is 0 Å². The van der Waals surface area contributed by atoms with Crippen LogP contribution in [0.3, 0.4) is 0 Å². The Labute approximate surface area is 107 Å². The molecule has 0 radical (unpaired) electrons. The average Bonchev–Trinajstić information content (AvgIpc) is 2.68. The second kappa shape index (κ2) is 4.73. The summed E-state index contributed by atoms with van der Waals surface area (Å²) in [5.41, 5.74) is 1.23. The first kappa shape index (κ1) is 11.9. The quantitative estimate of drug-likeness (QED) is 0.882. The fourth-order valence-corrected chi connectivity index (χ4v) is 1.73. The second-order valence-corrected chi connectivity index (χ2v) is 4.18. The maximum Gasteiger partial charge on any atom is 0.278 e. The van der Waals surface area contributed by atoms with Crippen molar-refractivity contribution < 1.29 is 4.79 Å². The number of hydrogen-bond acceptors (Lipinski definition) is 3. The highest BCUT2D eigenvalue weighted by Gasteiger charge is 2.14. The molecular formula is C10H8Cl2N4O. The molecular weight excluding hydrogens is 263 g/mol. The molecule has 7 heteroatoms. The molecule has 17 heavy (non-hydrogen) atoms. The van der Waals surface area contributed by atoms with Crippen molar-refractivity contribution in [2.75, 3.05) is 5.32 Å². The minimum absolute atomic E-state index is 0.232. The minimum Gasteiger partial charge on any atom is -0.319 e. The van der Waals surface area contributed by atoms with Gasteiger partial charge in [0.05, 0.1) is 16.4 Å². The molecule has 1 aromatic carbocycles. The van der Waals surface area contributed by atoms with Gasteiger partial charge < -0.3 is 5.32 Å². The highest BCUT2D eigenvalue weighted by Crippen LogP contribution is 2.25. The number of H-pyrrole nitrogens is 1. The van der Waals surface area contributed by atoms with E-state index in [4.69, 9.17) is 23.2 Å². The van der Waals surface area contributed by atoms with Crippen LogP contribution in [-0.4, -0.2) is 21.3 Å². The van der Waals surface area contributed by atoms with Crippen molar-refractivity contribution in [3.63, 3.8) is 0 Å². The van der Waals surface area contributed by atoms with E-state index in [1.165, 1.54) is 0 Å². The van der Waals surface area contributed by atoms with E-state index in [0.29, 0.717) is 21.4 Å². The van der Waals surface area contributed by atoms with Gasteiger partial charge in [-0.15, -0.1) is 0 Å². The molecule has 0 fully saturated rings. The Morgan fingerprint density at radius 3 is 2.71 bits per heavy atom. The van der Waals surface area contributed by atoms with E-state index in [2.05, 4.69) is 20.7 Å². The summed E-state index contributed by atoms with van der Waals surface area (Å²) in [6.07, 6.45) is 0. The number of aryl methyl sites for hydroxylation is 1. The van der Waals surface area contributed by atoms with Gasteiger partial charge in [0.1, 0.15) is 0 Å². The van der Waals surface area contributed by atoms with Crippen molar-refractivity contribution in [2.45, 2.75) is 6.92 Å². The van der Waals surface area contributed by atoms with Crippen LogP contribution in [0.1, 0.15) is 16.2 Å². The number of carbonyl (C=O) groups excluding carboxylic acids is 1. The van der Waals surface area contributed by atoms with Crippen molar-refractivity contribution >= 4 is 34.8 Å². The first-order valence-electron chi connectivity index (χ1n) is 4.71. The molecule has 1 heterocycles. The zero-order chi connectivity index (χ0) is 12.4. The van der Waals surface area contributed by atoms with E-state index in [-0.39, 0.29) is 11.6 Å². The summed E-state index contributed by atoms with van der Waals surface area (Å²) in [6.45, 7) is 1.68. The van der Waals surface area contributed by atoms with Gasteiger partial charge >= 0.3 is 0 Å². The molecule has 0 aliphatic rings. The van der Waals surface area contributed by atoms with Crippen LogP contribution in [0.2, 0.25) is 10.0 Å². The Balaban J connectivity index is 2.22. The number of rotatable bonds is 2. The van der Waals surface area contributed by atoms with Gasteiger partial charge in [-0.2, -0.15) is 15.4 Å². The van der Waals surface area contributed by atoms with E-state index in [0.717, 1.165) is 0 Å². The Hall–Kier alpha value is -1.59. The van der Waals surface area contributed by atoms with Crippen LogP contribution in [0, 0.1) is 6.92 Å². The molecule has 0 saturated carbocycles. The van der Waals surface area contributed by atoms with Crippen LogP contribution >= 0.6 is 23.2 Å². The maximum absolute atomic E-state index is 11.8. The number of nitrogens with one attached hydrogen (secondary N) is 2. The number of carbonyl (C=O) groups is 1.